The Morgan fingerprint density at radius 2 is 2.07 bits per heavy atom. The van der Waals surface area contributed by atoms with Crippen molar-refractivity contribution in [1.82, 2.24) is 5.32 Å². The molecule has 0 bridgehead atoms. The summed E-state index contributed by atoms with van der Waals surface area (Å²) in [6, 6.07) is 7.28. The van der Waals surface area contributed by atoms with E-state index in [1.165, 1.54) is 0 Å². The third-order valence-electron chi connectivity index (χ3n) is 1.97. The fourth-order valence-corrected chi connectivity index (χ4v) is 1.27. The molecule has 0 saturated heterocycles. The Labute approximate surface area is 90.4 Å². The third-order valence-corrected chi connectivity index (χ3v) is 1.97. The second-order valence-corrected chi connectivity index (χ2v) is 3.19. The maximum atomic E-state index is 11.7. The summed E-state index contributed by atoms with van der Waals surface area (Å²) in [5, 5.41) is 2.83. The Morgan fingerprint density at radius 1 is 1.33 bits per heavy atom. The van der Waals surface area contributed by atoms with Crippen LogP contribution in [0.15, 0.2) is 24.3 Å². The molecule has 0 fully saturated rings. The highest BCUT2D eigenvalue weighted by Crippen LogP contribution is 2.17. The first kappa shape index (κ1) is 11.6. The van der Waals surface area contributed by atoms with Gasteiger partial charge in [0.2, 0.25) is 0 Å². The van der Waals surface area contributed by atoms with Gasteiger partial charge in [0.1, 0.15) is 5.75 Å². The van der Waals surface area contributed by atoms with Crippen molar-refractivity contribution in [1.29, 1.82) is 0 Å². The first-order valence-corrected chi connectivity index (χ1v) is 5.29. The van der Waals surface area contributed by atoms with Crippen LogP contribution < -0.4 is 10.1 Å². The van der Waals surface area contributed by atoms with Gasteiger partial charge in [0.25, 0.3) is 5.91 Å². The Bertz CT molecular complexity index is 323. The zero-order valence-electron chi connectivity index (χ0n) is 9.25. The van der Waals surface area contributed by atoms with Crippen LogP contribution in [0.3, 0.4) is 0 Å². The van der Waals surface area contributed by atoms with Gasteiger partial charge in [0.05, 0.1) is 12.2 Å². The van der Waals surface area contributed by atoms with Crippen molar-refractivity contribution in [2.45, 2.75) is 20.3 Å². The van der Waals surface area contributed by atoms with Gasteiger partial charge in [0.15, 0.2) is 0 Å². The maximum absolute atomic E-state index is 11.7. The zero-order valence-corrected chi connectivity index (χ0v) is 9.25. The van der Waals surface area contributed by atoms with Crippen molar-refractivity contribution in [3.05, 3.63) is 29.8 Å². The van der Waals surface area contributed by atoms with Gasteiger partial charge >= 0.3 is 0 Å². The van der Waals surface area contributed by atoms with Crippen molar-refractivity contribution < 1.29 is 9.53 Å². The van der Waals surface area contributed by atoms with Crippen LogP contribution in [-0.4, -0.2) is 19.1 Å². The number of ether oxygens (including phenoxy) is 1. The lowest BCUT2D eigenvalue weighted by Crippen LogP contribution is -2.24. The van der Waals surface area contributed by atoms with E-state index < -0.39 is 0 Å². The second-order valence-electron chi connectivity index (χ2n) is 3.19. The van der Waals surface area contributed by atoms with E-state index in [1.807, 2.05) is 32.0 Å². The molecule has 82 valence electrons. The minimum absolute atomic E-state index is 0.0686. The molecule has 0 atom stereocenters. The van der Waals surface area contributed by atoms with Crippen molar-refractivity contribution in [2.75, 3.05) is 13.2 Å². The minimum atomic E-state index is -0.0686. The van der Waals surface area contributed by atoms with Crippen LogP contribution in [0.25, 0.3) is 0 Å². The molecule has 0 aliphatic heterocycles. The third kappa shape index (κ3) is 3.27. The number of hydrogen-bond donors (Lipinski definition) is 1. The maximum Gasteiger partial charge on any atom is 0.255 e. The first-order chi connectivity index (χ1) is 7.29. The van der Waals surface area contributed by atoms with E-state index in [0.29, 0.717) is 24.5 Å². The lowest BCUT2D eigenvalue weighted by atomic mass is 10.2. The van der Waals surface area contributed by atoms with E-state index in [1.54, 1.807) is 6.07 Å². The number of para-hydroxylation sites is 1. The zero-order chi connectivity index (χ0) is 11.1. The average Bonchev–Trinajstić information content (AvgIpc) is 2.27. The molecule has 3 heteroatoms. The van der Waals surface area contributed by atoms with Crippen LogP contribution in [0.2, 0.25) is 0 Å². The molecule has 1 amide bonds. The van der Waals surface area contributed by atoms with Gasteiger partial charge in [0, 0.05) is 6.54 Å². The van der Waals surface area contributed by atoms with E-state index in [0.717, 1.165) is 6.42 Å². The first-order valence-electron chi connectivity index (χ1n) is 5.29. The fourth-order valence-electron chi connectivity index (χ4n) is 1.27. The predicted octanol–water partition coefficient (Wildman–Crippen LogP) is 2.23. The number of benzene rings is 1. The normalized spacial score (nSPS) is 9.73. The highest BCUT2D eigenvalue weighted by molar-refractivity contribution is 5.96. The number of nitrogens with one attached hydrogen (secondary N) is 1. The van der Waals surface area contributed by atoms with E-state index in [2.05, 4.69) is 5.32 Å². The summed E-state index contributed by atoms with van der Waals surface area (Å²) in [5.41, 5.74) is 0.604. The molecule has 0 aromatic heterocycles. The Kier molecular flexibility index (Phi) is 4.68. The molecule has 1 aromatic carbocycles. The van der Waals surface area contributed by atoms with Crippen molar-refractivity contribution >= 4 is 5.91 Å². The summed E-state index contributed by atoms with van der Waals surface area (Å²) < 4.78 is 5.38. The van der Waals surface area contributed by atoms with Crippen molar-refractivity contribution in [3.8, 4) is 5.75 Å². The second kappa shape index (κ2) is 6.06. The van der Waals surface area contributed by atoms with Gasteiger partial charge in [-0.05, 0) is 25.5 Å². The van der Waals surface area contributed by atoms with E-state index >= 15 is 0 Å². The van der Waals surface area contributed by atoms with Crippen molar-refractivity contribution in [2.24, 2.45) is 0 Å². The summed E-state index contributed by atoms with van der Waals surface area (Å²) >= 11 is 0. The van der Waals surface area contributed by atoms with Crippen LogP contribution in [0.5, 0.6) is 5.75 Å². The van der Waals surface area contributed by atoms with Crippen LogP contribution in [0.4, 0.5) is 0 Å². The molecule has 0 unspecified atom stereocenters. The Hall–Kier alpha value is -1.51. The predicted molar refractivity (Wildman–Crippen MR) is 60.2 cm³/mol. The van der Waals surface area contributed by atoms with Gasteiger partial charge in [-0.2, -0.15) is 0 Å². The van der Waals surface area contributed by atoms with Crippen LogP contribution >= 0.6 is 0 Å². The van der Waals surface area contributed by atoms with Gasteiger partial charge in [-0.25, -0.2) is 0 Å². The number of amides is 1. The highest BCUT2D eigenvalue weighted by atomic mass is 16.5. The molecule has 1 rings (SSSR count). The van der Waals surface area contributed by atoms with E-state index in [9.17, 15) is 4.79 Å². The molecule has 15 heavy (non-hydrogen) atoms. The van der Waals surface area contributed by atoms with Gasteiger partial charge in [-0.15, -0.1) is 0 Å². The molecule has 0 heterocycles. The molecule has 0 radical (unpaired) electrons. The summed E-state index contributed by atoms with van der Waals surface area (Å²) in [7, 11) is 0. The molecule has 3 nitrogen and oxygen atoms in total. The van der Waals surface area contributed by atoms with Gasteiger partial charge < -0.3 is 10.1 Å². The van der Waals surface area contributed by atoms with Crippen LogP contribution in [0, 0.1) is 0 Å². The Balaban J connectivity index is 2.77. The summed E-state index contributed by atoms with van der Waals surface area (Å²) in [4.78, 5) is 11.7. The largest absolute Gasteiger partial charge is 0.493 e. The fraction of sp³-hybridized carbons (Fsp3) is 0.417. The molecule has 0 spiro atoms. The minimum Gasteiger partial charge on any atom is -0.493 e. The van der Waals surface area contributed by atoms with Gasteiger partial charge in [-0.1, -0.05) is 19.1 Å². The van der Waals surface area contributed by atoms with Crippen LogP contribution in [0.1, 0.15) is 30.6 Å². The van der Waals surface area contributed by atoms with E-state index in [4.69, 9.17) is 4.74 Å². The molecular weight excluding hydrogens is 190 g/mol. The lowest BCUT2D eigenvalue weighted by molar-refractivity contribution is 0.0950. The molecule has 0 aliphatic rings. The molecule has 0 saturated carbocycles. The topological polar surface area (TPSA) is 38.3 Å². The molecule has 1 aromatic rings. The lowest BCUT2D eigenvalue weighted by Gasteiger charge is -2.09. The SMILES string of the molecule is CCCNC(=O)c1ccccc1OCC. The summed E-state index contributed by atoms with van der Waals surface area (Å²) in [6.45, 7) is 5.19. The van der Waals surface area contributed by atoms with E-state index in [-0.39, 0.29) is 5.91 Å². The summed E-state index contributed by atoms with van der Waals surface area (Å²) in [5.74, 6) is 0.578. The number of hydrogen-bond acceptors (Lipinski definition) is 2. The molecule has 0 aliphatic carbocycles. The summed E-state index contributed by atoms with van der Waals surface area (Å²) in [6.07, 6.45) is 0.933. The smallest absolute Gasteiger partial charge is 0.255 e. The quantitative estimate of drug-likeness (QED) is 0.804. The molecule has 1 N–H and O–H groups in total. The number of rotatable bonds is 5. The highest BCUT2D eigenvalue weighted by Gasteiger charge is 2.10. The average molecular weight is 207 g/mol. The standard InChI is InChI=1S/C12H17NO2/c1-3-9-13-12(14)10-7-5-6-8-11(10)15-4-2/h5-8H,3-4,9H2,1-2H3,(H,13,14). The number of carbonyl (C=O) groups excluding carboxylic acids is 1. The van der Waals surface area contributed by atoms with Crippen LogP contribution in [-0.2, 0) is 0 Å². The van der Waals surface area contributed by atoms with Gasteiger partial charge in [-0.3, -0.25) is 4.79 Å². The van der Waals surface area contributed by atoms with Crippen molar-refractivity contribution in [3.63, 3.8) is 0 Å². The monoisotopic (exact) mass is 207 g/mol. The molecular formula is C12H17NO2. The Morgan fingerprint density at radius 3 is 2.73 bits per heavy atom. The number of carbonyl (C=O) groups is 1.